The Bertz CT molecular complexity index is 447. The average Bonchev–Trinajstić information content (AvgIpc) is 2.27. The van der Waals surface area contributed by atoms with E-state index in [1.54, 1.807) is 0 Å². The zero-order chi connectivity index (χ0) is 11.2. The van der Waals surface area contributed by atoms with Crippen molar-refractivity contribution in [3.63, 3.8) is 0 Å². The van der Waals surface area contributed by atoms with Gasteiger partial charge < -0.3 is 4.74 Å². The predicted molar refractivity (Wildman–Crippen MR) is 65.7 cm³/mol. The Hall–Kier alpha value is -1.24. The van der Waals surface area contributed by atoms with Gasteiger partial charge in [0.1, 0.15) is 11.4 Å². The number of rotatable bonds is 0. The first-order chi connectivity index (χ1) is 7.69. The van der Waals surface area contributed by atoms with E-state index in [9.17, 15) is 0 Å². The minimum absolute atomic E-state index is 0.0210. The summed E-state index contributed by atoms with van der Waals surface area (Å²) in [6.45, 7) is 4.52. The monoisotopic (exact) mass is 214 g/mol. The summed E-state index contributed by atoms with van der Waals surface area (Å²) < 4.78 is 6.25. The van der Waals surface area contributed by atoms with Crippen molar-refractivity contribution in [2.75, 3.05) is 0 Å². The molecular weight excluding hydrogens is 196 g/mol. The van der Waals surface area contributed by atoms with Crippen LogP contribution in [0.1, 0.15) is 32.3 Å². The molecule has 0 amide bonds. The van der Waals surface area contributed by atoms with Gasteiger partial charge in [-0.1, -0.05) is 29.8 Å². The summed E-state index contributed by atoms with van der Waals surface area (Å²) in [5.41, 5.74) is 2.88. The van der Waals surface area contributed by atoms with Crippen molar-refractivity contribution in [2.45, 2.75) is 38.7 Å². The first-order valence-electron chi connectivity index (χ1n) is 6.13. The van der Waals surface area contributed by atoms with Gasteiger partial charge in [-0.15, -0.1) is 0 Å². The Balaban J connectivity index is 2.05. The molecule has 0 aromatic heterocycles. The van der Waals surface area contributed by atoms with Crippen LogP contribution in [0.15, 0.2) is 35.9 Å². The van der Waals surface area contributed by atoms with Crippen LogP contribution in [0, 0.1) is 5.92 Å². The minimum Gasteiger partial charge on any atom is -0.487 e. The Labute approximate surface area is 97.1 Å². The van der Waals surface area contributed by atoms with E-state index in [-0.39, 0.29) is 5.60 Å². The molecule has 3 rings (SSSR count). The van der Waals surface area contributed by atoms with Gasteiger partial charge in [-0.2, -0.15) is 0 Å². The summed E-state index contributed by atoms with van der Waals surface area (Å²) in [5.74, 6) is 1.66. The molecule has 0 spiro atoms. The first kappa shape index (κ1) is 9.95. The van der Waals surface area contributed by atoms with Gasteiger partial charge in [0.25, 0.3) is 0 Å². The van der Waals surface area contributed by atoms with Gasteiger partial charge in [-0.05, 0) is 44.7 Å². The van der Waals surface area contributed by atoms with E-state index in [4.69, 9.17) is 4.74 Å². The number of hydrogen-bond donors (Lipinski definition) is 0. The highest BCUT2D eigenvalue weighted by Gasteiger charge is 2.42. The molecule has 1 unspecified atom stereocenters. The number of fused-ring (bicyclic) bond motifs is 2. The highest BCUT2D eigenvalue weighted by Crippen LogP contribution is 2.44. The van der Waals surface area contributed by atoms with Crippen molar-refractivity contribution in [1.82, 2.24) is 0 Å². The average molecular weight is 214 g/mol. The maximum absolute atomic E-state index is 6.25. The van der Waals surface area contributed by atoms with Crippen molar-refractivity contribution in [3.05, 3.63) is 41.5 Å². The van der Waals surface area contributed by atoms with E-state index >= 15 is 0 Å². The number of benzene rings is 1. The summed E-state index contributed by atoms with van der Waals surface area (Å²) >= 11 is 0. The second-order valence-electron chi connectivity index (χ2n) is 5.27. The van der Waals surface area contributed by atoms with E-state index in [0.717, 1.165) is 25.0 Å². The van der Waals surface area contributed by atoms with Gasteiger partial charge in [-0.3, -0.25) is 0 Å². The highest BCUT2D eigenvalue weighted by atomic mass is 16.5. The van der Waals surface area contributed by atoms with Crippen molar-refractivity contribution in [3.8, 4) is 5.75 Å². The Kier molecular flexibility index (Phi) is 2.10. The molecule has 0 saturated heterocycles. The number of allylic oxidation sites excluding steroid dienone is 1. The fourth-order valence-corrected chi connectivity index (χ4v) is 3.13. The van der Waals surface area contributed by atoms with E-state index in [2.05, 4.69) is 44.2 Å². The van der Waals surface area contributed by atoms with E-state index in [0.29, 0.717) is 5.92 Å². The van der Waals surface area contributed by atoms with Gasteiger partial charge in [0, 0.05) is 5.92 Å². The topological polar surface area (TPSA) is 9.23 Å². The lowest BCUT2D eigenvalue weighted by Crippen LogP contribution is -2.46. The normalized spacial score (nSPS) is 32.1. The molecular formula is C15H18O. The van der Waals surface area contributed by atoms with Crippen molar-refractivity contribution in [1.29, 1.82) is 0 Å². The Morgan fingerprint density at radius 2 is 2.12 bits per heavy atom. The van der Waals surface area contributed by atoms with Gasteiger partial charge in [-0.25, -0.2) is 0 Å². The largest absolute Gasteiger partial charge is 0.487 e. The van der Waals surface area contributed by atoms with Crippen LogP contribution in [0.2, 0.25) is 0 Å². The highest BCUT2D eigenvalue weighted by molar-refractivity contribution is 5.39. The molecule has 0 saturated carbocycles. The molecule has 2 aliphatic rings. The second kappa shape index (κ2) is 3.38. The third-order valence-corrected chi connectivity index (χ3v) is 4.13. The van der Waals surface area contributed by atoms with Crippen molar-refractivity contribution >= 4 is 0 Å². The molecule has 0 fully saturated rings. The molecule has 1 heterocycles. The zero-order valence-electron chi connectivity index (χ0n) is 9.99. The number of para-hydroxylation sites is 1. The van der Waals surface area contributed by atoms with E-state index in [1.807, 2.05) is 0 Å². The molecule has 1 nitrogen and oxygen atoms in total. The molecule has 0 bridgehead atoms. The summed E-state index contributed by atoms with van der Waals surface area (Å²) in [6, 6.07) is 8.46. The molecule has 0 N–H and O–H groups in total. The van der Waals surface area contributed by atoms with Crippen LogP contribution in [0.25, 0.3) is 0 Å². The smallest absolute Gasteiger partial charge is 0.123 e. The summed E-state index contributed by atoms with van der Waals surface area (Å²) in [7, 11) is 0. The van der Waals surface area contributed by atoms with Gasteiger partial charge in [0.05, 0.1) is 0 Å². The molecule has 16 heavy (non-hydrogen) atoms. The molecule has 1 aliphatic carbocycles. The maximum Gasteiger partial charge on any atom is 0.123 e. The maximum atomic E-state index is 6.25. The molecule has 84 valence electrons. The summed E-state index contributed by atoms with van der Waals surface area (Å²) in [5, 5.41) is 0. The van der Waals surface area contributed by atoms with Crippen molar-refractivity contribution in [2.24, 2.45) is 5.92 Å². The lowest BCUT2D eigenvalue weighted by molar-refractivity contribution is 0.0122. The van der Waals surface area contributed by atoms with E-state index in [1.165, 1.54) is 11.1 Å². The number of ether oxygens (including phenoxy) is 1. The molecule has 2 atom stereocenters. The molecule has 1 aromatic carbocycles. The van der Waals surface area contributed by atoms with Crippen LogP contribution in [-0.4, -0.2) is 5.60 Å². The SMILES string of the molecule is CC1=CCCC2(C)Oc3ccccc3C[C@@H]12. The van der Waals surface area contributed by atoms with Crippen LogP contribution < -0.4 is 4.74 Å². The third-order valence-electron chi connectivity index (χ3n) is 4.13. The van der Waals surface area contributed by atoms with E-state index < -0.39 is 0 Å². The van der Waals surface area contributed by atoms with Gasteiger partial charge in [0.2, 0.25) is 0 Å². The predicted octanol–water partition coefficient (Wildman–Crippen LogP) is 3.74. The molecule has 1 heteroatoms. The lowest BCUT2D eigenvalue weighted by Gasteiger charge is -2.45. The van der Waals surface area contributed by atoms with Gasteiger partial charge in [0.15, 0.2) is 0 Å². The molecule has 1 aliphatic heterocycles. The van der Waals surface area contributed by atoms with Crippen LogP contribution in [0.3, 0.4) is 0 Å². The minimum atomic E-state index is 0.0210. The van der Waals surface area contributed by atoms with Crippen LogP contribution >= 0.6 is 0 Å². The summed E-state index contributed by atoms with van der Waals surface area (Å²) in [6.07, 6.45) is 5.81. The quantitative estimate of drug-likeness (QED) is 0.598. The fourth-order valence-electron chi connectivity index (χ4n) is 3.13. The van der Waals surface area contributed by atoms with Crippen LogP contribution in [-0.2, 0) is 6.42 Å². The molecule has 0 radical (unpaired) electrons. The number of hydrogen-bond acceptors (Lipinski definition) is 1. The van der Waals surface area contributed by atoms with Crippen molar-refractivity contribution < 1.29 is 4.74 Å². The standard InChI is InChI=1S/C15H18O/c1-11-6-5-9-15(2)13(11)10-12-7-3-4-8-14(12)16-15/h3-4,6-8,13H,5,9-10H2,1-2H3/t13-,15?/m0/s1. The Morgan fingerprint density at radius 1 is 1.31 bits per heavy atom. The lowest BCUT2D eigenvalue weighted by atomic mass is 9.71. The Morgan fingerprint density at radius 3 is 3.00 bits per heavy atom. The first-order valence-corrected chi connectivity index (χ1v) is 6.13. The van der Waals surface area contributed by atoms with Gasteiger partial charge >= 0.3 is 0 Å². The fraction of sp³-hybridized carbons (Fsp3) is 0.467. The summed E-state index contributed by atoms with van der Waals surface area (Å²) in [4.78, 5) is 0. The van der Waals surface area contributed by atoms with Crippen LogP contribution in [0.5, 0.6) is 5.75 Å². The van der Waals surface area contributed by atoms with Crippen LogP contribution in [0.4, 0.5) is 0 Å². The zero-order valence-corrected chi connectivity index (χ0v) is 9.99. The molecule has 1 aromatic rings. The second-order valence-corrected chi connectivity index (χ2v) is 5.27. The third kappa shape index (κ3) is 1.38.